The molecule has 5 heteroatoms. The van der Waals surface area contributed by atoms with Gasteiger partial charge in [0.1, 0.15) is 0 Å². The third-order valence-electron chi connectivity index (χ3n) is 11.8. The van der Waals surface area contributed by atoms with Crippen LogP contribution in [0.5, 0.6) is 0 Å². The van der Waals surface area contributed by atoms with E-state index in [2.05, 4.69) is 160 Å². The summed E-state index contributed by atoms with van der Waals surface area (Å²) in [5, 5.41) is 1.54. The summed E-state index contributed by atoms with van der Waals surface area (Å²) in [6.07, 6.45) is 13.2. The van der Waals surface area contributed by atoms with Crippen molar-refractivity contribution in [2.75, 3.05) is 0 Å². The minimum atomic E-state index is -2.99. The van der Waals surface area contributed by atoms with Gasteiger partial charge in [-0.15, -0.1) is 0 Å². The standard InChI is InChI=1S/C31H37.C13H8Cl2.C5H5.2ClH.Zr/c1-28(2,3)26-16-30(7,8)24-12-18-11-19-13-25-23(15-21(19)20(18)14-22(24)26)27(29(4,5)6)17-31(25,9)10;14-12-5-1-3-10(8-12)7-11-4-2-6-13(15)9-11;1-2-4-5-3-1;;;/h11-17H,1-10H3;1-6,8-9H;1-3H,4H2;2*1H;/q;;;;;+2/p-2. The first kappa shape index (κ1) is 41.4. The average molecular weight is 872 g/mol. The summed E-state index contributed by atoms with van der Waals surface area (Å²) in [7, 11) is 0. The summed E-state index contributed by atoms with van der Waals surface area (Å²) in [6.45, 7) is 23.8. The van der Waals surface area contributed by atoms with Crippen LogP contribution >= 0.6 is 23.2 Å². The van der Waals surface area contributed by atoms with Gasteiger partial charge in [0.25, 0.3) is 0 Å². The van der Waals surface area contributed by atoms with Crippen LogP contribution in [0.4, 0.5) is 0 Å². The fourth-order valence-corrected chi connectivity index (χ4v) is 18.6. The zero-order valence-corrected chi connectivity index (χ0v) is 38.6. The van der Waals surface area contributed by atoms with Gasteiger partial charge in [0.05, 0.1) is 0 Å². The van der Waals surface area contributed by atoms with E-state index in [4.69, 9.17) is 23.2 Å². The molecule has 54 heavy (non-hydrogen) atoms. The Morgan fingerprint density at radius 2 is 1.07 bits per heavy atom. The molecule has 0 saturated heterocycles. The van der Waals surface area contributed by atoms with Crippen molar-refractivity contribution in [2.45, 2.75) is 90.1 Å². The molecule has 0 nitrogen and oxygen atoms in total. The fourth-order valence-electron chi connectivity index (χ4n) is 9.34. The first-order chi connectivity index (χ1) is 24.3. The summed E-state index contributed by atoms with van der Waals surface area (Å²) in [5.41, 5.74) is 17.0. The second-order valence-corrected chi connectivity index (χ2v) is 25.7. The number of hydrogen-bond acceptors (Lipinski definition) is 0. The van der Waals surface area contributed by atoms with Gasteiger partial charge >= 0.3 is 332 Å². The molecule has 4 aromatic carbocycles. The Bertz CT molecular complexity index is 2220. The quantitative estimate of drug-likeness (QED) is 0.194. The predicted octanol–water partition coefficient (Wildman–Crippen LogP) is 8.24. The molecule has 8 rings (SSSR count). The van der Waals surface area contributed by atoms with Gasteiger partial charge in [-0.1, -0.05) is 0 Å². The van der Waals surface area contributed by atoms with Gasteiger partial charge in [0, 0.05) is 0 Å². The van der Waals surface area contributed by atoms with E-state index >= 15 is 0 Å². The summed E-state index contributed by atoms with van der Waals surface area (Å²) >= 11 is 10.7. The molecule has 4 aliphatic rings. The van der Waals surface area contributed by atoms with E-state index in [0.29, 0.717) is 0 Å². The van der Waals surface area contributed by atoms with Crippen LogP contribution in [0.25, 0.3) is 22.3 Å². The number of allylic oxidation sites excluding steroid dienone is 8. The summed E-state index contributed by atoms with van der Waals surface area (Å²) < 4.78 is 3.36. The van der Waals surface area contributed by atoms with Gasteiger partial charge in [-0.3, -0.25) is 0 Å². The Morgan fingerprint density at radius 1 is 0.630 bits per heavy atom. The van der Waals surface area contributed by atoms with Crippen LogP contribution in [0.2, 0.25) is 10.0 Å². The largest absolute Gasteiger partial charge is 1.00 e. The fraction of sp³-hybridized carbons (Fsp3) is 0.327. The van der Waals surface area contributed by atoms with Crippen molar-refractivity contribution in [3.8, 4) is 11.1 Å². The molecule has 4 aliphatic carbocycles. The van der Waals surface area contributed by atoms with Gasteiger partial charge in [-0.05, 0) is 0 Å². The minimum absolute atomic E-state index is 0. The molecule has 0 heterocycles. The van der Waals surface area contributed by atoms with Crippen molar-refractivity contribution in [3.05, 3.63) is 161 Å². The van der Waals surface area contributed by atoms with E-state index in [0.717, 1.165) is 16.5 Å². The van der Waals surface area contributed by atoms with E-state index < -0.39 is 21.3 Å². The number of halogens is 4. The van der Waals surface area contributed by atoms with Gasteiger partial charge in [-0.2, -0.15) is 0 Å². The third-order valence-corrected chi connectivity index (χ3v) is 20.6. The van der Waals surface area contributed by atoms with Crippen LogP contribution in [-0.2, 0) is 32.1 Å². The first-order valence-corrected chi connectivity index (χ1v) is 23.5. The number of fused-ring (bicyclic) bond motifs is 5. The molecule has 0 bridgehead atoms. The summed E-state index contributed by atoms with van der Waals surface area (Å²) in [5.74, 6) is 0. The zero-order valence-electron chi connectivity index (χ0n) is 33.1. The Labute approximate surface area is 353 Å². The van der Waals surface area contributed by atoms with Gasteiger partial charge in [0.15, 0.2) is 0 Å². The Balaban J connectivity index is 0.00000249. The SMILES string of the molecule is CC(C)(C)C1=CC(C)(C)c2cc3c(cc21)-c1cc2c(cc1[CH]3[Zr+2]([C]1=CC=CC1)=[C](c1cccc(Cl)c1)c1cccc(Cl)c1)C(C)(C)C=C2C(C)(C)C.[Cl-].[Cl-]. The van der Waals surface area contributed by atoms with E-state index in [1.54, 1.807) is 3.28 Å². The molecule has 0 spiro atoms. The molecule has 0 N–H and O–H groups in total. The maximum Gasteiger partial charge on any atom is -1.00 e. The smallest absolute Gasteiger partial charge is 1.00 e. The molecule has 4 aromatic rings. The normalized spacial score (nSPS) is 17.2. The first-order valence-electron chi connectivity index (χ1n) is 18.8. The third kappa shape index (κ3) is 6.92. The van der Waals surface area contributed by atoms with Gasteiger partial charge in [0.2, 0.25) is 0 Å². The Hall–Kier alpha value is -2.25. The second-order valence-electron chi connectivity index (χ2n) is 18.6. The Morgan fingerprint density at radius 3 is 1.44 bits per heavy atom. The van der Waals surface area contributed by atoms with Crippen LogP contribution in [-0.4, -0.2) is 3.21 Å². The van der Waals surface area contributed by atoms with Crippen LogP contribution < -0.4 is 24.8 Å². The molecule has 0 fully saturated rings. The summed E-state index contributed by atoms with van der Waals surface area (Å²) in [6, 6.07) is 27.7. The molecule has 0 saturated carbocycles. The topological polar surface area (TPSA) is 0 Å². The van der Waals surface area contributed by atoms with Gasteiger partial charge in [-0.25, -0.2) is 0 Å². The van der Waals surface area contributed by atoms with E-state index in [9.17, 15) is 0 Å². The minimum Gasteiger partial charge on any atom is -1.00 e. The molecule has 0 unspecified atom stereocenters. The predicted molar refractivity (Wildman–Crippen MR) is 223 cm³/mol. The number of rotatable bonds is 4. The molecule has 0 aromatic heterocycles. The maximum absolute atomic E-state index is 6.83. The maximum atomic E-state index is 6.83. The van der Waals surface area contributed by atoms with Crippen molar-refractivity contribution in [2.24, 2.45) is 10.8 Å². The van der Waals surface area contributed by atoms with Crippen molar-refractivity contribution in [3.63, 3.8) is 0 Å². The van der Waals surface area contributed by atoms with Crippen molar-refractivity contribution < 1.29 is 46.1 Å². The second kappa shape index (κ2) is 14.3. The Kier molecular flexibility index (Phi) is 11.0. The number of benzene rings is 4. The molecule has 278 valence electrons. The van der Waals surface area contributed by atoms with E-state index in [1.807, 2.05) is 12.1 Å². The number of hydrogen-bond donors (Lipinski definition) is 0. The molecular weight excluding hydrogens is 822 g/mol. The molecule has 0 atom stereocenters. The van der Waals surface area contributed by atoms with Crippen LogP contribution in [0, 0.1) is 10.8 Å². The van der Waals surface area contributed by atoms with Crippen molar-refractivity contribution in [1.29, 1.82) is 0 Å². The molecule has 0 radical (unpaired) electrons. The van der Waals surface area contributed by atoms with Crippen LogP contribution in [0.1, 0.15) is 124 Å². The molecule has 0 aliphatic heterocycles. The van der Waals surface area contributed by atoms with Gasteiger partial charge < -0.3 is 24.8 Å². The van der Waals surface area contributed by atoms with Crippen LogP contribution in [0.15, 0.2) is 106 Å². The van der Waals surface area contributed by atoms with Crippen LogP contribution in [0.3, 0.4) is 0 Å². The zero-order chi connectivity index (χ0) is 37.1. The molecular formula is C49H50Cl4Zr. The molecule has 0 amide bonds. The monoisotopic (exact) mass is 868 g/mol. The summed E-state index contributed by atoms with van der Waals surface area (Å²) in [4.78, 5) is 0. The average Bonchev–Trinajstić information content (AvgIpc) is 3.81. The van der Waals surface area contributed by atoms with Crippen molar-refractivity contribution >= 4 is 37.6 Å². The van der Waals surface area contributed by atoms with E-state index in [1.165, 1.54) is 70.0 Å². The van der Waals surface area contributed by atoms with E-state index in [-0.39, 0.29) is 50.1 Å². The van der Waals surface area contributed by atoms with Crippen molar-refractivity contribution in [1.82, 2.24) is 0 Å².